The second kappa shape index (κ2) is 22.4. The van der Waals surface area contributed by atoms with Gasteiger partial charge in [-0.15, -0.1) is 0 Å². The Bertz CT molecular complexity index is 496. The third kappa shape index (κ3) is 18.1. The number of rotatable bonds is 24. The van der Waals surface area contributed by atoms with Crippen molar-refractivity contribution in [2.24, 2.45) is 0 Å². The number of carbonyl (C=O) groups excluding carboxylic acids is 1. The van der Waals surface area contributed by atoms with E-state index in [-0.39, 0.29) is 6.42 Å². The molecular formula is C26H53NO8. The van der Waals surface area contributed by atoms with Gasteiger partial charge in [0.05, 0.1) is 12.7 Å². The van der Waals surface area contributed by atoms with Gasteiger partial charge in [-0.25, -0.2) is 0 Å². The van der Waals surface area contributed by atoms with Crippen molar-refractivity contribution in [2.45, 2.75) is 153 Å². The summed E-state index contributed by atoms with van der Waals surface area (Å²) in [5, 5.41) is 69.2. The molecule has 0 aliphatic rings. The van der Waals surface area contributed by atoms with Crippen LogP contribution < -0.4 is 5.32 Å². The monoisotopic (exact) mass is 507 g/mol. The second-order valence-corrected chi connectivity index (χ2v) is 9.81. The molecule has 0 saturated heterocycles. The first-order valence-electron chi connectivity index (χ1n) is 13.7. The number of aliphatic hydroxyl groups excluding tert-OH is 7. The molecule has 9 heteroatoms. The number of nitrogens with one attached hydrogen (secondary N) is 1. The minimum absolute atomic E-state index is 0.0252. The van der Waals surface area contributed by atoms with Crippen LogP contribution in [0.5, 0.6) is 0 Å². The Morgan fingerprint density at radius 3 is 1.57 bits per heavy atom. The molecule has 2 unspecified atom stereocenters. The summed E-state index contributed by atoms with van der Waals surface area (Å²) in [6, 6.07) is 0. The fourth-order valence-corrected chi connectivity index (χ4v) is 4.09. The smallest absolute Gasteiger partial charge is 0.222 e. The van der Waals surface area contributed by atoms with Crippen molar-refractivity contribution in [3.05, 3.63) is 0 Å². The first-order valence-corrected chi connectivity index (χ1v) is 13.7. The van der Waals surface area contributed by atoms with Gasteiger partial charge in [0.1, 0.15) is 24.4 Å². The van der Waals surface area contributed by atoms with E-state index in [1.807, 2.05) is 0 Å². The standard InChI is InChI=1S/C26H53NO8/c1-2-3-4-5-6-7-8-9-10-11-12-13-14-16-20(29)17-15-18-22(31)27-26(35)25(34)24(33)23(32)21(30)19-28/h20-21,23-26,28-30,32-35H,2-19H2,1H3,(H,27,31)/t20?,21-,23-,24+,25-,26?/m1/s1. The summed E-state index contributed by atoms with van der Waals surface area (Å²) in [5.74, 6) is -0.575. The minimum Gasteiger partial charge on any atom is -0.394 e. The molecule has 0 aromatic rings. The first kappa shape index (κ1) is 34.2. The Balaban J connectivity index is 3.71. The molecular weight excluding hydrogens is 454 g/mol. The molecule has 0 saturated carbocycles. The van der Waals surface area contributed by atoms with Crippen LogP contribution in [-0.2, 0) is 4.79 Å². The Hall–Kier alpha value is -0.810. The van der Waals surface area contributed by atoms with Crippen molar-refractivity contribution in [3.63, 3.8) is 0 Å². The average Bonchev–Trinajstić information content (AvgIpc) is 2.84. The van der Waals surface area contributed by atoms with Crippen molar-refractivity contribution < 1.29 is 40.5 Å². The fourth-order valence-electron chi connectivity index (χ4n) is 4.09. The van der Waals surface area contributed by atoms with Gasteiger partial charge in [0.2, 0.25) is 5.91 Å². The Kier molecular flexibility index (Phi) is 21.9. The SMILES string of the molecule is CCCCCCCCCCCCCCCC(O)CCCC(=O)NC(O)[C@H](O)[C@@H](O)[C@H](O)[C@H](O)CO. The predicted octanol–water partition coefficient (Wildman–Crippen LogP) is 1.87. The van der Waals surface area contributed by atoms with Gasteiger partial charge in [-0.05, 0) is 19.3 Å². The molecule has 0 heterocycles. The topological polar surface area (TPSA) is 171 Å². The molecule has 0 spiro atoms. The normalized spacial score (nSPS) is 16.9. The molecule has 8 N–H and O–H groups in total. The van der Waals surface area contributed by atoms with Crippen molar-refractivity contribution in [1.82, 2.24) is 5.32 Å². The van der Waals surface area contributed by atoms with Crippen molar-refractivity contribution in [2.75, 3.05) is 6.61 Å². The summed E-state index contributed by atoms with van der Waals surface area (Å²) >= 11 is 0. The van der Waals surface area contributed by atoms with E-state index in [1.54, 1.807) is 0 Å². The Morgan fingerprint density at radius 2 is 1.09 bits per heavy atom. The van der Waals surface area contributed by atoms with Crippen LogP contribution in [0.15, 0.2) is 0 Å². The van der Waals surface area contributed by atoms with E-state index in [0.29, 0.717) is 19.3 Å². The first-order chi connectivity index (χ1) is 16.7. The van der Waals surface area contributed by atoms with Crippen LogP contribution in [0.3, 0.4) is 0 Å². The maximum Gasteiger partial charge on any atom is 0.222 e. The summed E-state index contributed by atoms with van der Waals surface area (Å²) in [6.07, 6.45) is 8.28. The molecule has 0 aliphatic carbocycles. The van der Waals surface area contributed by atoms with Crippen LogP contribution in [0.25, 0.3) is 0 Å². The Labute approximate surface area is 211 Å². The van der Waals surface area contributed by atoms with Crippen LogP contribution >= 0.6 is 0 Å². The molecule has 0 aliphatic heterocycles. The third-order valence-electron chi connectivity index (χ3n) is 6.50. The van der Waals surface area contributed by atoms with E-state index in [1.165, 1.54) is 70.6 Å². The van der Waals surface area contributed by atoms with Gasteiger partial charge in [-0.2, -0.15) is 0 Å². The molecule has 210 valence electrons. The van der Waals surface area contributed by atoms with E-state index >= 15 is 0 Å². The summed E-state index contributed by atoms with van der Waals surface area (Å²) in [4.78, 5) is 11.9. The van der Waals surface area contributed by atoms with Gasteiger partial charge < -0.3 is 41.1 Å². The van der Waals surface area contributed by atoms with E-state index in [4.69, 9.17) is 5.11 Å². The molecule has 0 aromatic heterocycles. The number of amides is 1. The molecule has 0 radical (unpaired) electrons. The van der Waals surface area contributed by atoms with Crippen LogP contribution in [0, 0.1) is 0 Å². The van der Waals surface area contributed by atoms with Gasteiger partial charge in [-0.3, -0.25) is 4.79 Å². The maximum absolute atomic E-state index is 11.9. The molecule has 35 heavy (non-hydrogen) atoms. The second-order valence-electron chi connectivity index (χ2n) is 9.81. The lowest BCUT2D eigenvalue weighted by Crippen LogP contribution is -2.54. The highest BCUT2D eigenvalue weighted by molar-refractivity contribution is 5.76. The summed E-state index contributed by atoms with van der Waals surface area (Å²) < 4.78 is 0. The highest BCUT2D eigenvalue weighted by Gasteiger charge is 2.34. The van der Waals surface area contributed by atoms with Crippen molar-refractivity contribution in [3.8, 4) is 0 Å². The lowest BCUT2D eigenvalue weighted by Gasteiger charge is -2.28. The van der Waals surface area contributed by atoms with Crippen LogP contribution in [0.1, 0.15) is 116 Å². The molecule has 0 rings (SSSR count). The Morgan fingerprint density at radius 1 is 0.629 bits per heavy atom. The predicted molar refractivity (Wildman–Crippen MR) is 135 cm³/mol. The summed E-state index contributed by atoms with van der Waals surface area (Å²) in [6.45, 7) is 1.40. The van der Waals surface area contributed by atoms with Gasteiger partial charge in [0.15, 0.2) is 6.23 Å². The number of hydrogen-bond donors (Lipinski definition) is 8. The molecule has 6 atom stereocenters. The van der Waals surface area contributed by atoms with E-state index in [9.17, 15) is 35.4 Å². The number of unbranched alkanes of at least 4 members (excludes halogenated alkanes) is 12. The minimum atomic E-state index is -1.96. The lowest BCUT2D eigenvalue weighted by molar-refractivity contribution is -0.151. The molecule has 0 aromatic carbocycles. The highest BCUT2D eigenvalue weighted by Crippen LogP contribution is 2.15. The van der Waals surface area contributed by atoms with E-state index in [0.717, 1.165) is 12.8 Å². The van der Waals surface area contributed by atoms with Crippen molar-refractivity contribution >= 4 is 5.91 Å². The van der Waals surface area contributed by atoms with Crippen LogP contribution in [0.2, 0.25) is 0 Å². The third-order valence-corrected chi connectivity index (χ3v) is 6.50. The molecule has 0 bridgehead atoms. The number of aliphatic hydroxyl groups is 7. The summed E-state index contributed by atoms with van der Waals surface area (Å²) in [5.41, 5.74) is 0. The fraction of sp³-hybridized carbons (Fsp3) is 0.962. The zero-order valence-electron chi connectivity index (χ0n) is 21.7. The quantitative estimate of drug-likeness (QED) is 0.0723. The molecule has 0 fully saturated rings. The van der Waals surface area contributed by atoms with Gasteiger partial charge in [-0.1, -0.05) is 90.4 Å². The summed E-state index contributed by atoms with van der Waals surface area (Å²) in [7, 11) is 0. The maximum atomic E-state index is 11.9. The van der Waals surface area contributed by atoms with Gasteiger partial charge >= 0.3 is 0 Å². The zero-order chi connectivity index (χ0) is 26.5. The van der Waals surface area contributed by atoms with Gasteiger partial charge in [0.25, 0.3) is 0 Å². The number of carbonyl (C=O) groups is 1. The molecule has 9 nitrogen and oxygen atoms in total. The van der Waals surface area contributed by atoms with Crippen LogP contribution in [0.4, 0.5) is 0 Å². The lowest BCUT2D eigenvalue weighted by atomic mass is 10.0. The highest BCUT2D eigenvalue weighted by atomic mass is 16.4. The largest absolute Gasteiger partial charge is 0.394 e. The van der Waals surface area contributed by atoms with Gasteiger partial charge in [0, 0.05) is 6.42 Å². The van der Waals surface area contributed by atoms with Crippen molar-refractivity contribution in [1.29, 1.82) is 0 Å². The average molecular weight is 508 g/mol. The number of hydrogen-bond acceptors (Lipinski definition) is 8. The van der Waals surface area contributed by atoms with Crippen LogP contribution in [-0.4, -0.2) is 85.0 Å². The van der Waals surface area contributed by atoms with E-state index in [2.05, 4.69) is 12.2 Å². The zero-order valence-corrected chi connectivity index (χ0v) is 21.7. The molecule has 1 amide bonds. The van der Waals surface area contributed by atoms with E-state index < -0.39 is 49.3 Å².